The number of hydrogen-bond acceptors (Lipinski definition) is 8. The molecule has 180 valence electrons. The number of ether oxygens (including phenoxy) is 2. The Morgan fingerprint density at radius 3 is 2.91 bits per heavy atom. The van der Waals surface area contributed by atoms with Crippen LogP contribution < -0.4 is 20.1 Å². The Labute approximate surface area is 208 Å². The van der Waals surface area contributed by atoms with E-state index >= 15 is 0 Å². The van der Waals surface area contributed by atoms with E-state index in [0.717, 1.165) is 66.9 Å². The van der Waals surface area contributed by atoms with Gasteiger partial charge >= 0.3 is 0 Å². The zero-order valence-corrected chi connectivity index (χ0v) is 20.1. The minimum atomic E-state index is -0.202. The predicted octanol–water partition coefficient (Wildman–Crippen LogP) is 3.51. The average molecular weight is 490 g/mol. The summed E-state index contributed by atoms with van der Waals surface area (Å²) >= 11 is 1.61. The predicted molar refractivity (Wildman–Crippen MR) is 139 cm³/mol. The fraction of sp³-hybridized carbons (Fsp3) is 0.346. The van der Waals surface area contributed by atoms with Crippen molar-refractivity contribution >= 4 is 33.4 Å². The van der Waals surface area contributed by atoms with Gasteiger partial charge in [-0.05, 0) is 42.7 Å². The van der Waals surface area contributed by atoms with E-state index in [-0.39, 0.29) is 18.7 Å². The van der Waals surface area contributed by atoms with Crippen LogP contribution in [0.4, 0.5) is 5.69 Å². The van der Waals surface area contributed by atoms with E-state index in [1.807, 2.05) is 24.3 Å². The lowest BCUT2D eigenvalue weighted by Gasteiger charge is -2.27. The van der Waals surface area contributed by atoms with Gasteiger partial charge in [-0.2, -0.15) is 0 Å². The number of aliphatic imine (C=N–C) groups is 2. The van der Waals surface area contributed by atoms with Gasteiger partial charge in [-0.1, -0.05) is 30.0 Å². The van der Waals surface area contributed by atoms with Crippen molar-refractivity contribution in [2.45, 2.75) is 18.9 Å². The zero-order chi connectivity index (χ0) is 23.6. The molecule has 2 N–H and O–H groups in total. The second kappa shape index (κ2) is 9.85. The molecule has 1 fully saturated rings. The van der Waals surface area contributed by atoms with E-state index in [9.17, 15) is 4.79 Å². The Bertz CT molecular complexity index is 1240. The van der Waals surface area contributed by atoms with Crippen LogP contribution in [0.2, 0.25) is 0 Å². The van der Waals surface area contributed by atoms with Crippen LogP contribution in [0.15, 0.2) is 64.2 Å². The van der Waals surface area contributed by atoms with E-state index in [1.165, 1.54) is 5.57 Å². The van der Waals surface area contributed by atoms with Gasteiger partial charge < -0.3 is 20.1 Å². The molecular weight excluding hydrogens is 462 g/mol. The number of rotatable bonds is 5. The second-order valence-electron chi connectivity index (χ2n) is 8.94. The largest absolute Gasteiger partial charge is 0.454 e. The standard InChI is InChI=1S/C26H27N5O3S/c32-24(18-6-8-22-23(13-18)34-16-33-22)29-20-4-2-1-3-19(20)25-30-21-7-5-17(14-28-26(21)35-25)15-31-11-9-27-10-12-31/h1-4,6,8,13-14,21,27H,5,7,9-12,15-16H2,(H,29,32). The number of anilines is 1. The van der Waals surface area contributed by atoms with Crippen molar-refractivity contribution in [1.29, 1.82) is 0 Å². The molecule has 0 saturated carbocycles. The molecule has 1 atom stereocenters. The highest BCUT2D eigenvalue weighted by Crippen LogP contribution is 2.35. The van der Waals surface area contributed by atoms with Crippen LogP contribution in [0.25, 0.3) is 0 Å². The van der Waals surface area contributed by atoms with E-state index in [1.54, 1.807) is 30.0 Å². The van der Waals surface area contributed by atoms with Crippen LogP contribution in [0.1, 0.15) is 28.8 Å². The van der Waals surface area contributed by atoms with Crippen molar-refractivity contribution < 1.29 is 14.3 Å². The summed E-state index contributed by atoms with van der Waals surface area (Å²) in [4.78, 5) is 25.3. The van der Waals surface area contributed by atoms with Crippen LogP contribution in [-0.4, -0.2) is 66.5 Å². The number of fused-ring (bicyclic) bond motifs is 2. The molecule has 0 aliphatic carbocycles. The van der Waals surface area contributed by atoms with Crippen LogP contribution in [0.5, 0.6) is 11.5 Å². The number of para-hydroxylation sites is 1. The van der Waals surface area contributed by atoms with Crippen LogP contribution in [0.3, 0.4) is 0 Å². The maximum absolute atomic E-state index is 13.0. The maximum Gasteiger partial charge on any atom is 0.255 e. The number of nitrogens with one attached hydrogen (secondary N) is 2. The first kappa shape index (κ1) is 22.3. The number of benzene rings is 2. The molecule has 4 aliphatic rings. The van der Waals surface area contributed by atoms with Crippen LogP contribution >= 0.6 is 11.8 Å². The van der Waals surface area contributed by atoms with Gasteiger partial charge in [0.25, 0.3) is 5.91 Å². The average Bonchev–Trinajstić information content (AvgIpc) is 3.49. The quantitative estimate of drug-likeness (QED) is 0.669. The lowest BCUT2D eigenvalue weighted by Crippen LogP contribution is -2.44. The smallest absolute Gasteiger partial charge is 0.255 e. The first-order valence-corrected chi connectivity index (χ1v) is 12.8. The molecule has 2 aromatic carbocycles. The molecule has 0 radical (unpaired) electrons. The summed E-state index contributed by atoms with van der Waals surface area (Å²) in [7, 11) is 0. The molecule has 9 heteroatoms. The van der Waals surface area contributed by atoms with E-state index in [2.05, 4.69) is 21.7 Å². The highest BCUT2D eigenvalue weighted by atomic mass is 32.2. The lowest BCUT2D eigenvalue weighted by atomic mass is 10.1. The van der Waals surface area contributed by atoms with Gasteiger partial charge in [0.05, 0.1) is 5.69 Å². The summed E-state index contributed by atoms with van der Waals surface area (Å²) in [5.41, 5.74) is 3.53. The molecule has 8 nitrogen and oxygen atoms in total. The summed E-state index contributed by atoms with van der Waals surface area (Å²) in [6.07, 6.45) is 4.01. The van der Waals surface area contributed by atoms with E-state index in [4.69, 9.17) is 19.5 Å². The maximum atomic E-state index is 13.0. The van der Waals surface area contributed by atoms with Crippen LogP contribution in [-0.2, 0) is 0 Å². The van der Waals surface area contributed by atoms with E-state index < -0.39 is 0 Å². The molecule has 0 spiro atoms. The Balaban J connectivity index is 1.16. The third-order valence-corrected chi connectivity index (χ3v) is 7.65. The molecule has 35 heavy (non-hydrogen) atoms. The van der Waals surface area contributed by atoms with Gasteiger partial charge in [0.15, 0.2) is 11.5 Å². The zero-order valence-electron chi connectivity index (χ0n) is 19.3. The number of nitrogens with zero attached hydrogens (tertiary/aromatic N) is 3. The summed E-state index contributed by atoms with van der Waals surface area (Å²) in [6.45, 7) is 5.45. The lowest BCUT2D eigenvalue weighted by molar-refractivity contribution is 0.102. The van der Waals surface area contributed by atoms with Crippen molar-refractivity contribution in [2.75, 3.05) is 44.8 Å². The van der Waals surface area contributed by atoms with Crippen molar-refractivity contribution in [3.8, 4) is 11.5 Å². The Morgan fingerprint density at radius 1 is 1.14 bits per heavy atom. The number of amides is 1. The first-order valence-electron chi connectivity index (χ1n) is 12.0. The van der Waals surface area contributed by atoms with Gasteiger partial charge in [-0.15, -0.1) is 0 Å². The van der Waals surface area contributed by atoms with E-state index in [0.29, 0.717) is 17.1 Å². The summed E-state index contributed by atoms with van der Waals surface area (Å²) in [5.74, 6) is 1.04. The highest BCUT2D eigenvalue weighted by Gasteiger charge is 2.29. The molecule has 1 unspecified atom stereocenters. The molecule has 1 saturated heterocycles. The normalized spacial score (nSPS) is 21.5. The fourth-order valence-electron chi connectivity index (χ4n) is 4.64. The van der Waals surface area contributed by atoms with Crippen molar-refractivity contribution in [3.05, 3.63) is 65.4 Å². The monoisotopic (exact) mass is 489 g/mol. The summed E-state index contributed by atoms with van der Waals surface area (Å²) in [5, 5.41) is 8.39. The number of hydrogen-bond donors (Lipinski definition) is 2. The van der Waals surface area contributed by atoms with Crippen molar-refractivity contribution in [2.24, 2.45) is 9.98 Å². The number of piperazine rings is 1. The molecular formula is C26H27N5O3S. The van der Waals surface area contributed by atoms with Gasteiger partial charge in [-0.25, -0.2) is 0 Å². The molecule has 0 bridgehead atoms. The van der Waals surface area contributed by atoms with Gasteiger partial charge in [0, 0.05) is 50.1 Å². The fourth-order valence-corrected chi connectivity index (χ4v) is 5.72. The van der Waals surface area contributed by atoms with Gasteiger partial charge in [0.2, 0.25) is 6.79 Å². The Hall–Kier alpha value is -3.14. The SMILES string of the molecule is O=C(Nc1ccccc1C1=NC2CCC(CN3CCNCC3)=CN=C2S1)c1ccc2c(c1)OCO2. The highest BCUT2D eigenvalue weighted by molar-refractivity contribution is 8.27. The number of thioether (sulfide) groups is 1. The van der Waals surface area contributed by atoms with Crippen molar-refractivity contribution in [3.63, 3.8) is 0 Å². The summed E-state index contributed by atoms with van der Waals surface area (Å²) < 4.78 is 10.8. The molecule has 0 aromatic heterocycles. The minimum Gasteiger partial charge on any atom is -0.454 e. The molecule has 1 amide bonds. The third kappa shape index (κ3) is 4.84. The number of carbonyl (C=O) groups excluding carboxylic acids is 1. The molecule has 2 aromatic rings. The Morgan fingerprint density at radius 2 is 2.00 bits per heavy atom. The Kier molecular flexibility index (Phi) is 6.28. The summed E-state index contributed by atoms with van der Waals surface area (Å²) in [6, 6.07) is 13.1. The van der Waals surface area contributed by atoms with Crippen molar-refractivity contribution in [1.82, 2.24) is 10.2 Å². The third-order valence-electron chi connectivity index (χ3n) is 6.55. The molecule has 6 rings (SSSR count). The van der Waals surface area contributed by atoms with Crippen LogP contribution in [0, 0.1) is 0 Å². The first-order chi connectivity index (χ1) is 17.2. The van der Waals surface area contributed by atoms with Gasteiger partial charge in [0.1, 0.15) is 16.1 Å². The van der Waals surface area contributed by atoms with Gasteiger partial charge in [-0.3, -0.25) is 19.7 Å². The molecule has 4 aliphatic heterocycles. The number of carbonyl (C=O) groups is 1. The topological polar surface area (TPSA) is 87.6 Å². The minimum absolute atomic E-state index is 0.0735. The second-order valence-corrected chi connectivity index (χ2v) is 9.95. The molecule has 4 heterocycles.